The van der Waals surface area contributed by atoms with Gasteiger partial charge in [0, 0.05) is 5.39 Å². The summed E-state index contributed by atoms with van der Waals surface area (Å²) in [6.45, 7) is 2.11. The fourth-order valence-corrected chi connectivity index (χ4v) is 2.75. The highest BCUT2D eigenvalue weighted by Gasteiger charge is 2.17. The number of ether oxygens (including phenoxy) is 1. The molecular formula is C15H12O4S. The molecule has 0 fully saturated rings. The van der Waals surface area contributed by atoms with Crippen molar-refractivity contribution in [1.29, 1.82) is 0 Å². The van der Waals surface area contributed by atoms with Crippen molar-refractivity contribution < 1.29 is 19.1 Å². The van der Waals surface area contributed by atoms with E-state index in [1.165, 1.54) is 0 Å². The Hall–Kier alpha value is -2.27. The van der Waals surface area contributed by atoms with Crippen LogP contribution in [0, 0.1) is 6.92 Å². The monoisotopic (exact) mass is 288 g/mol. The summed E-state index contributed by atoms with van der Waals surface area (Å²) < 4.78 is 11.1. The lowest BCUT2D eigenvalue weighted by Gasteiger charge is -2.04. The van der Waals surface area contributed by atoms with Gasteiger partial charge in [-0.25, -0.2) is 4.79 Å². The molecule has 2 aromatic heterocycles. The standard InChI is InChI=1S/C15H12O4S/c1-9-14(15(16)17)12-6-11(2-3-13(12)19-9)18-7-10-4-5-20-8-10/h2-6,8H,7H2,1H3,(H,16,17). The molecule has 1 N–H and O–H groups in total. The zero-order valence-corrected chi connectivity index (χ0v) is 11.6. The fourth-order valence-electron chi connectivity index (χ4n) is 2.10. The third-order valence-corrected chi connectivity index (χ3v) is 3.77. The summed E-state index contributed by atoms with van der Waals surface area (Å²) in [7, 11) is 0. The minimum Gasteiger partial charge on any atom is -0.489 e. The molecule has 0 amide bonds. The van der Waals surface area contributed by atoms with E-state index < -0.39 is 5.97 Å². The summed E-state index contributed by atoms with van der Waals surface area (Å²) in [6.07, 6.45) is 0. The maximum atomic E-state index is 11.3. The number of aromatic carboxylic acids is 1. The van der Waals surface area contributed by atoms with Crippen molar-refractivity contribution in [2.45, 2.75) is 13.5 Å². The predicted octanol–water partition coefficient (Wildman–Crippen LogP) is 4.08. The second kappa shape index (κ2) is 5.02. The zero-order chi connectivity index (χ0) is 14.1. The lowest BCUT2D eigenvalue weighted by atomic mass is 10.1. The van der Waals surface area contributed by atoms with Crippen molar-refractivity contribution in [3.05, 3.63) is 51.9 Å². The number of thiophene rings is 1. The van der Waals surface area contributed by atoms with Gasteiger partial charge in [-0.3, -0.25) is 0 Å². The van der Waals surface area contributed by atoms with Crippen molar-refractivity contribution in [1.82, 2.24) is 0 Å². The van der Waals surface area contributed by atoms with Crippen LogP contribution in [0.15, 0.2) is 39.4 Å². The van der Waals surface area contributed by atoms with E-state index >= 15 is 0 Å². The summed E-state index contributed by atoms with van der Waals surface area (Å²) in [5.74, 6) is 0.0470. The average molecular weight is 288 g/mol. The highest BCUT2D eigenvalue weighted by Crippen LogP contribution is 2.29. The van der Waals surface area contributed by atoms with Crippen LogP contribution < -0.4 is 4.74 Å². The van der Waals surface area contributed by atoms with Gasteiger partial charge in [0.1, 0.15) is 29.3 Å². The zero-order valence-electron chi connectivity index (χ0n) is 10.8. The number of furan rings is 1. The molecule has 0 radical (unpaired) electrons. The summed E-state index contributed by atoms with van der Waals surface area (Å²) >= 11 is 1.61. The molecule has 102 valence electrons. The van der Waals surface area contributed by atoms with Gasteiger partial charge in [-0.1, -0.05) is 0 Å². The first kappa shape index (κ1) is 12.7. The predicted molar refractivity (Wildman–Crippen MR) is 76.6 cm³/mol. The van der Waals surface area contributed by atoms with Crippen LogP contribution in [-0.2, 0) is 6.61 Å². The Morgan fingerprint density at radius 2 is 2.25 bits per heavy atom. The molecule has 0 atom stereocenters. The second-order valence-electron chi connectivity index (χ2n) is 4.42. The van der Waals surface area contributed by atoms with Crippen LogP contribution in [0.2, 0.25) is 0 Å². The number of benzene rings is 1. The molecule has 0 aliphatic carbocycles. The van der Waals surface area contributed by atoms with E-state index in [9.17, 15) is 9.90 Å². The molecule has 4 nitrogen and oxygen atoms in total. The summed E-state index contributed by atoms with van der Waals surface area (Å²) in [5.41, 5.74) is 1.85. The minimum atomic E-state index is -0.990. The molecule has 2 heterocycles. The SMILES string of the molecule is Cc1oc2ccc(OCc3ccsc3)cc2c1C(=O)O. The molecule has 0 saturated carbocycles. The molecule has 0 spiro atoms. The lowest BCUT2D eigenvalue weighted by molar-refractivity contribution is 0.0697. The highest BCUT2D eigenvalue weighted by molar-refractivity contribution is 7.07. The molecule has 0 aliphatic rings. The fraction of sp³-hybridized carbons (Fsp3) is 0.133. The van der Waals surface area contributed by atoms with E-state index in [2.05, 4.69) is 0 Å². The molecule has 5 heteroatoms. The summed E-state index contributed by atoms with van der Waals surface area (Å²) in [5, 5.41) is 13.8. The van der Waals surface area contributed by atoms with E-state index in [-0.39, 0.29) is 5.56 Å². The number of aryl methyl sites for hydroxylation is 1. The number of hydrogen-bond acceptors (Lipinski definition) is 4. The Bertz CT molecular complexity index is 756. The Morgan fingerprint density at radius 3 is 2.95 bits per heavy atom. The minimum absolute atomic E-state index is 0.195. The number of hydrogen-bond donors (Lipinski definition) is 1. The largest absolute Gasteiger partial charge is 0.489 e. The molecule has 20 heavy (non-hydrogen) atoms. The number of carbonyl (C=O) groups is 1. The van der Waals surface area contributed by atoms with E-state index in [0.717, 1.165) is 5.56 Å². The van der Waals surface area contributed by atoms with Crippen LogP contribution in [0.4, 0.5) is 0 Å². The van der Waals surface area contributed by atoms with Gasteiger partial charge in [0.25, 0.3) is 0 Å². The first-order valence-electron chi connectivity index (χ1n) is 6.05. The first-order chi connectivity index (χ1) is 9.65. The third-order valence-electron chi connectivity index (χ3n) is 3.03. The number of rotatable bonds is 4. The van der Waals surface area contributed by atoms with E-state index in [0.29, 0.717) is 29.1 Å². The van der Waals surface area contributed by atoms with Gasteiger partial charge in [0.2, 0.25) is 0 Å². The van der Waals surface area contributed by atoms with Crippen molar-refractivity contribution >= 4 is 28.3 Å². The maximum Gasteiger partial charge on any atom is 0.339 e. The average Bonchev–Trinajstić information content (AvgIpc) is 3.01. The molecule has 0 aliphatic heterocycles. The van der Waals surface area contributed by atoms with Gasteiger partial charge in [-0.05, 0) is 47.5 Å². The van der Waals surface area contributed by atoms with Gasteiger partial charge in [-0.15, -0.1) is 0 Å². The van der Waals surface area contributed by atoms with E-state index in [1.807, 2.05) is 16.8 Å². The van der Waals surface area contributed by atoms with Gasteiger partial charge in [-0.2, -0.15) is 11.3 Å². The topological polar surface area (TPSA) is 59.7 Å². The number of carboxylic acids is 1. The molecule has 0 unspecified atom stereocenters. The second-order valence-corrected chi connectivity index (χ2v) is 5.20. The van der Waals surface area contributed by atoms with Crippen LogP contribution in [0.25, 0.3) is 11.0 Å². The Morgan fingerprint density at radius 1 is 1.40 bits per heavy atom. The number of fused-ring (bicyclic) bond motifs is 1. The molecule has 3 rings (SSSR count). The van der Waals surface area contributed by atoms with Crippen LogP contribution >= 0.6 is 11.3 Å². The first-order valence-corrected chi connectivity index (χ1v) is 7.00. The Balaban J connectivity index is 1.93. The van der Waals surface area contributed by atoms with Gasteiger partial charge in [0.05, 0.1) is 0 Å². The van der Waals surface area contributed by atoms with Crippen molar-refractivity contribution in [3.63, 3.8) is 0 Å². The van der Waals surface area contributed by atoms with E-state index in [4.69, 9.17) is 9.15 Å². The van der Waals surface area contributed by atoms with Gasteiger partial charge >= 0.3 is 5.97 Å². The van der Waals surface area contributed by atoms with Crippen LogP contribution in [0.1, 0.15) is 21.7 Å². The smallest absolute Gasteiger partial charge is 0.339 e. The lowest BCUT2D eigenvalue weighted by Crippen LogP contribution is -1.97. The van der Waals surface area contributed by atoms with Gasteiger partial charge in [0.15, 0.2) is 0 Å². The molecule has 0 bridgehead atoms. The molecular weight excluding hydrogens is 276 g/mol. The molecule has 3 aromatic rings. The van der Waals surface area contributed by atoms with Crippen LogP contribution in [0.5, 0.6) is 5.75 Å². The Kier molecular flexibility index (Phi) is 3.20. The third kappa shape index (κ3) is 2.28. The van der Waals surface area contributed by atoms with Crippen molar-refractivity contribution in [3.8, 4) is 5.75 Å². The van der Waals surface area contributed by atoms with E-state index in [1.54, 1.807) is 36.5 Å². The maximum absolute atomic E-state index is 11.3. The van der Waals surface area contributed by atoms with Crippen LogP contribution in [-0.4, -0.2) is 11.1 Å². The summed E-state index contributed by atoms with van der Waals surface area (Å²) in [6, 6.07) is 7.22. The summed E-state index contributed by atoms with van der Waals surface area (Å²) in [4.78, 5) is 11.3. The molecule has 0 saturated heterocycles. The Labute approximate surface area is 119 Å². The quantitative estimate of drug-likeness (QED) is 0.785. The van der Waals surface area contributed by atoms with Gasteiger partial charge < -0.3 is 14.3 Å². The molecule has 1 aromatic carbocycles. The highest BCUT2D eigenvalue weighted by atomic mass is 32.1. The van der Waals surface area contributed by atoms with Crippen LogP contribution in [0.3, 0.4) is 0 Å². The normalized spacial score (nSPS) is 10.8. The number of carboxylic acid groups (broad SMARTS) is 1. The van der Waals surface area contributed by atoms with Crippen molar-refractivity contribution in [2.24, 2.45) is 0 Å². The van der Waals surface area contributed by atoms with Crippen molar-refractivity contribution in [2.75, 3.05) is 0 Å².